The number of pyridine rings is 1. The Hall–Kier alpha value is -4.26. The van der Waals surface area contributed by atoms with Crippen LogP contribution in [0, 0.1) is 12.8 Å². The largest absolute Gasteiger partial charge is 0.488 e. The van der Waals surface area contributed by atoms with Gasteiger partial charge in [-0.2, -0.15) is 0 Å². The average molecular weight is 760 g/mol. The molecule has 0 spiro atoms. The van der Waals surface area contributed by atoms with Crippen LogP contribution in [0.1, 0.15) is 57.9 Å². The molecule has 2 unspecified atom stereocenters. The van der Waals surface area contributed by atoms with Crippen molar-refractivity contribution < 1.29 is 38.4 Å². The molecule has 0 saturated carbocycles. The Morgan fingerprint density at radius 2 is 1.87 bits per heavy atom. The number of likely N-dealkylation sites (tertiary alicyclic amines) is 1. The normalized spacial score (nSPS) is 21.3. The smallest absolute Gasteiger partial charge is 0.339 e. The highest BCUT2D eigenvalue weighted by Gasteiger charge is 2.41. The lowest BCUT2D eigenvalue weighted by Crippen LogP contribution is -2.45. The van der Waals surface area contributed by atoms with Crippen molar-refractivity contribution in [2.45, 2.75) is 58.0 Å². The Morgan fingerprint density at radius 1 is 1.04 bits per heavy atom. The number of fused-ring (bicyclic) bond motifs is 1. The first-order valence-electron chi connectivity index (χ1n) is 18.5. The molecule has 1 fully saturated rings. The molecule has 3 aromatic rings. The number of rotatable bonds is 15. The van der Waals surface area contributed by atoms with E-state index in [9.17, 15) is 14.7 Å². The molecule has 1 N–H and O–H groups in total. The van der Waals surface area contributed by atoms with Gasteiger partial charge in [-0.3, -0.25) is 14.7 Å². The molecule has 0 amide bonds. The SMILES string of the molecule is COC(=O)CN1CCc2c(Cl)c(OCC3(OCCCN4CCC(O)C4)C=CC=C(c4ccccc4C)[C@H]3C)cc(OCc3cncc(C(=O)OC)c3)c2C1. The van der Waals surface area contributed by atoms with E-state index in [4.69, 9.17) is 35.3 Å². The molecule has 54 heavy (non-hydrogen) atoms. The number of aliphatic hydroxyl groups excluding tert-OH is 1. The van der Waals surface area contributed by atoms with E-state index in [1.165, 1.54) is 26.0 Å². The number of hydrogen-bond donors (Lipinski definition) is 1. The van der Waals surface area contributed by atoms with Crippen molar-refractivity contribution in [3.8, 4) is 11.5 Å². The number of β-amino-alcohol motifs (C(OH)–C–C–N with tert-alkyl or cyclic N) is 1. The number of ether oxygens (including phenoxy) is 5. The summed E-state index contributed by atoms with van der Waals surface area (Å²) < 4.78 is 29.8. The van der Waals surface area contributed by atoms with Gasteiger partial charge in [-0.05, 0) is 60.6 Å². The second-order valence-corrected chi connectivity index (χ2v) is 14.6. The van der Waals surface area contributed by atoms with Crippen LogP contribution in [0.15, 0.2) is 67.0 Å². The number of allylic oxidation sites excluding steroid dienone is 2. The molecule has 3 aliphatic rings. The zero-order valence-electron chi connectivity index (χ0n) is 31.5. The molecule has 2 aliphatic heterocycles. The van der Waals surface area contributed by atoms with Crippen molar-refractivity contribution in [3.05, 3.63) is 105 Å². The van der Waals surface area contributed by atoms with E-state index in [1.54, 1.807) is 12.3 Å². The second-order valence-electron chi connectivity index (χ2n) is 14.2. The monoisotopic (exact) mass is 759 g/mol. The van der Waals surface area contributed by atoms with E-state index in [0.29, 0.717) is 60.3 Å². The van der Waals surface area contributed by atoms with Crippen molar-refractivity contribution in [3.63, 3.8) is 0 Å². The van der Waals surface area contributed by atoms with E-state index in [-0.39, 0.29) is 37.7 Å². The van der Waals surface area contributed by atoms with E-state index in [0.717, 1.165) is 48.2 Å². The molecule has 12 heteroatoms. The van der Waals surface area contributed by atoms with Gasteiger partial charge in [0.15, 0.2) is 0 Å². The standard InChI is InChI=1S/C42H50ClN3O8/c1-28-9-5-6-10-33(28)34-11-7-14-42(29(34)2,54-18-8-15-45-16-12-32(47)23-45)27-53-38-20-37(52-26-30-19-31(22-44-21-30)41(49)51-4)36-24-46(25-39(48)50-3)17-13-35(36)40(38)43/h5-7,9-11,14,19-22,29,32,47H,8,12-13,15-18,23-27H2,1-4H3/t29-,32?,42?/m1/s1. The van der Waals surface area contributed by atoms with Gasteiger partial charge in [0, 0.05) is 74.8 Å². The van der Waals surface area contributed by atoms with Crippen LogP contribution >= 0.6 is 11.6 Å². The number of aromatic nitrogens is 1. The number of carbonyl (C=O) groups is 2. The lowest BCUT2D eigenvalue weighted by molar-refractivity contribution is -0.142. The minimum atomic E-state index is -0.811. The van der Waals surface area contributed by atoms with Gasteiger partial charge in [0.05, 0.1) is 37.5 Å². The maximum Gasteiger partial charge on any atom is 0.339 e. The predicted molar refractivity (Wildman–Crippen MR) is 206 cm³/mol. The summed E-state index contributed by atoms with van der Waals surface area (Å²) in [6, 6.07) is 11.9. The summed E-state index contributed by atoms with van der Waals surface area (Å²) in [4.78, 5) is 32.9. The molecule has 3 atom stereocenters. The van der Waals surface area contributed by atoms with Crippen LogP contribution in [0.4, 0.5) is 0 Å². The molecule has 0 radical (unpaired) electrons. The predicted octanol–water partition coefficient (Wildman–Crippen LogP) is 5.82. The first-order chi connectivity index (χ1) is 26.1. The fourth-order valence-corrected chi connectivity index (χ4v) is 7.83. The molecule has 6 rings (SSSR count). The first kappa shape index (κ1) is 39.4. The highest BCUT2D eigenvalue weighted by molar-refractivity contribution is 6.33. The van der Waals surface area contributed by atoms with Gasteiger partial charge in [0.2, 0.25) is 0 Å². The summed E-state index contributed by atoms with van der Waals surface area (Å²) in [6.45, 7) is 8.69. The maximum atomic E-state index is 12.2. The van der Waals surface area contributed by atoms with E-state index in [2.05, 4.69) is 60.2 Å². The van der Waals surface area contributed by atoms with Crippen LogP contribution in [0.3, 0.4) is 0 Å². The fourth-order valence-electron chi connectivity index (χ4n) is 7.51. The Balaban J connectivity index is 1.28. The molecular formula is C42H50ClN3O8. The zero-order chi connectivity index (χ0) is 38.2. The summed E-state index contributed by atoms with van der Waals surface area (Å²) >= 11 is 7.18. The van der Waals surface area contributed by atoms with Gasteiger partial charge >= 0.3 is 11.9 Å². The molecule has 2 aromatic carbocycles. The molecule has 288 valence electrons. The third-order valence-electron chi connectivity index (χ3n) is 10.7. The Morgan fingerprint density at radius 3 is 2.63 bits per heavy atom. The topological polar surface area (TPSA) is 120 Å². The van der Waals surface area contributed by atoms with Gasteiger partial charge < -0.3 is 33.7 Å². The minimum absolute atomic E-state index is 0.0641. The highest BCUT2D eigenvalue weighted by atomic mass is 35.5. The molecular weight excluding hydrogens is 710 g/mol. The van der Waals surface area contributed by atoms with Crippen molar-refractivity contribution in [1.82, 2.24) is 14.8 Å². The minimum Gasteiger partial charge on any atom is -0.488 e. The summed E-state index contributed by atoms with van der Waals surface area (Å²) in [5, 5.41) is 10.5. The van der Waals surface area contributed by atoms with E-state index < -0.39 is 11.6 Å². The van der Waals surface area contributed by atoms with Crippen molar-refractivity contribution in [2.24, 2.45) is 5.92 Å². The van der Waals surface area contributed by atoms with Crippen LogP contribution in [0.5, 0.6) is 11.5 Å². The quantitative estimate of drug-likeness (QED) is 0.149. The number of aliphatic hydroxyl groups is 1. The molecule has 1 saturated heterocycles. The first-order valence-corrected chi connectivity index (χ1v) is 18.9. The Labute approximate surface area is 322 Å². The Kier molecular flexibility index (Phi) is 13.1. The second kappa shape index (κ2) is 17.9. The van der Waals surface area contributed by atoms with Crippen LogP contribution in [-0.2, 0) is 38.6 Å². The third kappa shape index (κ3) is 9.15. The number of methoxy groups -OCH3 is 2. The maximum absolute atomic E-state index is 12.2. The van der Waals surface area contributed by atoms with E-state index in [1.807, 2.05) is 17.0 Å². The number of esters is 2. The number of carbonyl (C=O) groups excluding carboxylic acids is 2. The van der Waals surface area contributed by atoms with Crippen molar-refractivity contribution in [1.29, 1.82) is 0 Å². The fraction of sp³-hybridized carbons (Fsp3) is 0.452. The van der Waals surface area contributed by atoms with Gasteiger partial charge in [0.25, 0.3) is 0 Å². The molecule has 0 bridgehead atoms. The van der Waals surface area contributed by atoms with Crippen molar-refractivity contribution >= 4 is 29.1 Å². The van der Waals surface area contributed by atoms with E-state index >= 15 is 0 Å². The summed E-state index contributed by atoms with van der Waals surface area (Å²) in [6.07, 6.45) is 11.3. The average Bonchev–Trinajstić information content (AvgIpc) is 3.61. The molecule has 3 heterocycles. The van der Waals surface area contributed by atoms with Crippen LogP contribution < -0.4 is 9.47 Å². The summed E-state index contributed by atoms with van der Waals surface area (Å²) in [5.41, 5.74) is 5.45. The van der Waals surface area contributed by atoms with Crippen LogP contribution in [0.2, 0.25) is 5.02 Å². The number of benzene rings is 2. The number of hydrogen-bond acceptors (Lipinski definition) is 11. The molecule has 1 aromatic heterocycles. The summed E-state index contributed by atoms with van der Waals surface area (Å²) in [5.74, 6) is 0.146. The van der Waals surface area contributed by atoms with Gasteiger partial charge in [-0.25, -0.2) is 4.79 Å². The lowest BCUT2D eigenvalue weighted by atomic mass is 9.76. The number of nitrogens with zero attached hydrogens (tertiary/aromatic N) is 3. The zero-order valence-corrected chi connectivity index (χ0v) is 32.3. The number of halogens is 1. The Bertz CT molecular complexity index is 1880. The van der Waals surface area contributed by atoms with Gasteiger partial charge in [-0.15, -0.1) is 0 Å². The van der Waals surface area contributed by atoms with Crippen molar-refractivity contribution in [2.75, 3.05) is 60.2 Å². The highest BCUT2D eigenvalue weighted by Crippen LogP contribution is 2.44. The molecule has 11 nitrogen and oxygen atoms in total. The van der Waals surface area contributed by atoms with Crippen LogP contribution in [-0.4, -0.2) is 104 Å². The van der Waals surface area contributed by atoms with Gasteiger partial charge in [-0.1, -0.05) is 54.9 Å². The van der Waals surface area contributed by atoms with Gasteiger partial charge in [0.1, 0.15) is 30.3 Å². The number of aryl methyl sites for hydroxylation is 1. The molecule has 1 aliphatic carbocycles. The van der Waals surface area contributed by atoms with Crippen LogP contribution in [0.25, 0.3) is 5.57 Å². The third-order valence-corrected chi connectivity index (χ3v) is 11.1. The lowest BCUT2D eigenvalue weighted by Gasteiger charge is -2.40. The summed E-state index contributed by atoms with van der Waals surface area (Å²) in [7, 11) is 2.70.